The summed E-state index contributed by atoms with van der Waals surface area (Å²) in [4.78, 5) is 9.59. The number of hydrogen-bond donors (Lipinski definition) is 1. The summed E-state index contributed by atoms with van der Waals surface area (Å²) in [6.45, 7) is 20.5. The van der Waals surface area contributed by atoms with Crippen LogP contribution in [0.5, 0.6) is 5.75 Å². The molecule has 2 saturated heterocycles. The van der Waals surface area contributed by atoms with Crippen molar-refractivity contribution in [2.75, 3.05) is 19.6 Å². The first-order chi connectivity index (χ1) is 19.1. The lowest BCUT2D eigenvalue weighted by molar-refractivity contribution is 0.0980. The van der Waals surface area contributed by atoms with Crippen molar-refractivity contribution >= 4 is 29.2 Å². The second-order valence-corrected chi connectivity index (χ2v) is 10.8. The molecule has 0 saturated carbocycles. The van der Waals surface area contributed by atoms with Crippen LogP contribution in [0.25, 0.3) is 29.0 Å². The number of terminal acetylenes is 1. The number of phenolic OH excluding ortho intramolecular Hbond substituents is 1. The van der Waals surface area contributed by atoms with E-state index < -0.39 is 11.6 Å². The summed E-state index contributed by atoms with van der Waals surface area (Å²) in [6, 6.07) is 7.09. The first kappa shape index (κ1) is 29.3. The van der Waals surface area contributed by atoms with E-state index in [2.05, 4.69) is 47.4 Å². The fourth-order valence-corrected chi connectivity index (χ4v) is 5.95. The van der Waals surface area contributed by atoms with Gasteiger partial charge in [0.15, 0.2) is 5.82 Å². The lowest BCUT2D eigenvalue weighted by Crippen LogP contribution is -2.52. The Bertz CT molecular complexity index is 1500. The van der Waals surface area contributed by atoms with E-state index in [1.807, 2.05) is 19.9 Å². The van der Waals surface area contributed by atoms with Gasteiger partial charge in [0.25, 0.3) is 0 Å². The van der Waals surface area contributed by atoms with Gasteiger partial charge >= 0.3 is 0 Å². The van der Waals surface area contributed by atoms with Crippen LogP contribution in [0.4, 0.5) is 14.5 Å². The number of likely N-dealkylation sites (tertiary alicyclic amines) is 1. The molecule has 2 fully saturated rings. The van der Waals surface area contributed by atoms with Crippen LogP contribution in [0.3, 0.4) is 0 Å². The predicted octanol–water partition coefficient (Wildman–Crippen LogP) is 6.30. The number of hydrogen-bond acceptors (Lipinski definition) is 4. The molecule has 2 aliphatic heterocycles. The molecular weight excluding hydrogens is 504 g/mol. The van der Waals surface area contributed by atoms with Crippen molar-refractivity contribution in [2.45, 2.75) is 65.0 Å². The van der Waals surface area contributed by atoms with Crippen LogP contribution in [0.2, 0.25) is 0 Å². The summed E-state index contributed by atoms with van der Waals surface area (Å²) < 4.78 is 30.9. The molecule has 2 aliphatic rings. The molecule has 4 rings (SSSR count). The van der Waals surface area contributed by atoms with Gasteiger partial charge in [-0.05, 0) is 68.1 Å². The van der Waals surface area contributed by atoms with Crippen molar-refractivity contribution in [3.63, 3.8) is 0 Å². The molecule has 2 bridgehead atoms. The Morgan fingerprint density at radius 3 is 2.40 bits per heavy atom. The van der Waals surface area contributed by atoms with E-state index in [0.717, 1.165) is 43.9 Å². The minimum absolute atomic E-state index is 0.133. The van der Waals surface area contributed by atoms with E-state index in [-0.39, 0.29) is 38.6 Å². The van der Waals surface area contributed by atoms with Crippen LogP contribution in [-0.4, -0.2) is 52.3 Å². The standard InChI is InChI=1S/C34H39F2N3O/c1-8-11-16-39-25-12-13-26(39)20-38(19-25)24(7)29-14-15-30(33(36)34(29)37-22(5)9-2)31-18-27(40)17-21(4)32(31)28(10-3)23(6)35/h3,14-15,17-18,25-26,40H,4,6-9,11-13,16,19-20H2,1-2,5H3/b32-28+,37-22?. The van der Waals surface area contributed by atoms with Crippen LogP contribution >= 0.6 is 0 Å². The smallest absolute Gasteiger partial charge is 0.157 e. The van der Waals surface area contributed by atoms with Crippen LogP contribution in [0, 0.1) is 18.2 Å². The molecule has 4 nitrogen and oxygen atoms in total. The topological polar surface area (TPSA) is 39.1 Å². The maximum atomic E-state index is 16.6. The SMILES string of the molecule is C#C/C(C(=C)F)=c1\c(-c2ccc(C(=C)N3CC4CCC(C3)N4CCCC)c(N=C(C)CC)c2F)cc(O)cc1=C. The maximum Gasteiger partial charge on any atom is 0.157 e. The van der Waals surface area contributed by atoms with Gasteiger partial charge in [-0.2, -0.15) is 0 Å². The van der Waals surface area contributed by atoms with Gasteiger partial charge in [0.2, 0.25) is 0 Å². The highest BCUT2D eigenvalue weighted by molar-refractivity contribution is 5.89. The highest BCUT2D eigenvalue weighted by Gasteiger charge is 2.40. The van der Waals surface area contributed by atoms with Gasteiger partial charge in [-0.1, -0.05) is 52.0 Å². The zero-order valence-electron chi connectivity index (χ0n) is 23.9. The molecule has 0 amide bonds. The van der Waals surface area contributed by atoms with E-state index in [4.69, 9.17) is 6.42 Å². The van der Waals surface area contributed by atoms with Crippen molar-refractivity contribution < 1.29 is 13.9 Å². The van der Waals surface area contributed by atoms with E-state index in [9.17, 15) is 9.50 Å². The molecular formula is C34H39F2N3O. The van der Waals surface area contributed by atoms with Crippen molar-refractivity contribution in [1.82, 2.24) is 9.80 Å². The van der Waals surface area contributed by atoms with Gasteiger partial charge in [0, 0.05) is 52.9 Å². The average molecular weight is 544 g/mol. The Morgan fingerprint density at radius 1 is 1.15 bits per heavy atom. The van der Waals surface area contributed by atoms with Crippen molar-refractivity contribution in [3.8, 4) is 29.2 Å². The molecule has 6 heteroatoms. The molecule has 2 atom stereocenters. The molecule has 2 aromatic rings. The zero-order chi connectivity index (χ0) is 29.1. The number of allylic oxidation sites excluding steroid dienone is 1. The number of nitrogens with zero attached hydrogens (tertiary/aromatic N) is 3. The number of aliphatic imine (C=N–C) groups is 1. The Morgan fingerprint density at radius 2 is 1.82 bits per heavy atom. The second-order valence-electron chi connectivity index (χ2n) is 10.8. The van der Waals surface area contributed by atoms with Gasteiger partial charge in [-0.25, -0.2) is 8.78 Å². The summed E-state index contributed by atoms with van der Waals surface area (Å²) in [6.07, 6.45) is 10.9. The minimum atomic E-state index is -0.836. The van der Waals surface area contributed by atoms with Crippen LogP contribution in [0.15, 0.2) is 48.2 Å². The maximum absolute atomic E-state index is 16.6. The lowest BCUT2D eigenvalue weighted by Gasteiger charge is -2.43. The van der Waals surface area contributed by atoms with Crippen molar-refractivity contribution in [2.24, 2.45) is 4.99 Å². The minimum Gasteiger partial charge on any atom is -0.508 e. The lowest BCUT2D eigenvalue weighted by atomic mass is 9.94. The van der Waals surface area contributed by atoms with E-state index >= 15 is 4.39 Å². The molecule has 2 heterocycles. The normalized spacial score (nSPS) is 19.9. The second kappa shape index (κ2) is 12.2. The van der Waals surface area contributed by atoms with Crippen LogP contribution in [0.1, 0.15) is 58.4 Å². The first-order valence-electron chi connectivity index (χ1n) is 14.1. The third kappa shape index (κ3) is 5.62. The Hall–Kier alpha value is -3.69. The Kier molecular flexibility index (Phi) is 8.95. The number of unbranched alkanes of at least 4 members (excludes halogenated alkanes) is 1. The van der Waals surface area contributed by atoms with E-state index in [1.54, 1.807) is 6.07 Å². The van der Waals surface area contributed by atoms with Gasteiger partial charge in [-0.3, -0.25) is 9.89 Å². The number of aromatic hydroxyl groups is 1. The molecule has 2 aromatic carbocycles. The fourth-order valence-electron chi connectivity index (χ4n) is 5.95. The number of benzene rings is 2. The van der Waals surface area contributed by atoms with E-state index in [1.165, 1.54) is 25.0 Å². The third-order valence-electron chi connectivity index (χ3n) is 8.19. The highest BCUT2D eigenvalue weighted by Crippen LogP contribution is 2.39. The summed E-state index contributed by atoms with van der Waals surface area (Å²) in [5, 5.41) is 10.8. The molecule has 2 unspecified atom stereocenters. The highest BCUT2D eigenvalue weighted by atomic mass is 19.1. The van der Waals surface area contributed by atoms with Gasteiger partial charge in [0.1, 0.15) is 17.3 Å². The van der Waals surface area contributed by atoms with Crippen LogP contribution < -0.4 is 10.4 Å². The predicted molar refractivity (Wildman–Crippen MR) is 163 cm³/mol. The van der Waals surface area contributed by atoms with Gasteiger partial charge in [-0.15, -0.1) is 6.42 Å². The molecule has 1 N–H and O–H groups in total. The van der Waals surface area contributed by atoms with Crippen molar-refractivity contribution in [1.29, 1.82) is 0 Å². The number of halogens is 2. The Balaban J connectivity index is 1.85. The molecule has 0 radical (unpaired) electrons. The zero-order valence-corrected chi connectivity index (χ0v) is 23.9. The largest absolute Gasteiger partial charge is 0.508 e. The van der Waals surface area contributed by atoms with Gasteiger partial charge < -0.3 is 10.0 Å². The number of fused-ring (bicyclic) bond motifs is 2. The summed E-state index contributed by atoms with van der Waals surface area (Å²) in [7, 11) is 0. The molecule has 0 aromatic heterocycles. The average Bonchev–Trinajstić information content (AvgIpc) is 3.15. The first-order valence-corrected chi connectivity index (χ1v) is 14.1. The number of rotatable bonds is 9. The van der Waals surface area contributed by atoms with Gasteiger partial charge in [0.05, 0.1) is 5.57 Å². The van der Waals surface area contributed by atoms with Crippen LogP contribution in [-0.2, 0) is 0 Å². The summed E-state index contributed by atoms with van der Waals surface area (Å²) in [5.41, 5.74) is 2.50. The molecule has 0 spiro atoms. The number of phenols is 1. The summed E-state index contributed by atoms with van der Waals surface area (Å²) in [5.74, 6) is 0.747. The third-order valence-corrected chi connectivity index (χ3v) is 8.19. The molecule has 210 valence electrons. The molecule has 0 aliphatic carbocycles. The quantitative estimate of drug-likeness (QED) is 0.298. The molecule has 40 heavy (non-hydrogen) atoms. The Labute approximate surface area is 236 Å². The fraction of sp³-hybridized carbons (Fsp3) is 0.382. The number of piperazine rings is 1. The summed E-state index contributed by atoms with van der Waals surface area (Å²) >= 11 is 0. The van der Waals surface area contributed by atoms with E-state index in [0.29, 0.717) is 24.1 Å². The van der Waals surface area contributed by atoms with Crippen molar-refractivity contribution in [3.05, 3.63) is 65.1 Å². The monoisotopic (exact) mass is 543 g/mol.